The molecule has 1 atom stereocenters. The fourth-order valence-corrected chi connectivity index (χ4v) is 3.96. The number of nitrogens with zero attached hydrogens (tertiary/aromatic N) is 1. The smallest absolute Gasteiger partial charge is 0.0410 e. The van der Waals surface area contributed by atoms with Crippen LogP contribution < -0.4 is 11.1 Å². The molecule has 1 saturated heterocycles. The van der Waals surface area contributed by atoms with Crippen molar-refractivity contribution in [3.05, 3.63) is 28.8 Å². The Morgan fingerprint density at radius 2 is 1.90 bits per heavy atom. The molecule has 0 amide bonds. The fraction of sp³-hybridized carbons (Fsp3) is 0.625. The first kappa shape index (κ1) is 14.2. The third kappa shape index (κ3) is 2.95. The molecule has 0 spiro atoms. The van der Waals surface area contributed by atoms with Crippen LogP contribution in [0.1, 0.15) is 37.3 Å². The molecule has 1 aliphatic heterocycles. The van der Waals surface area contributed by atoms with Crippen molar-refractivity contribution in [1.29, 1.82) is 0 Å². The van der Waals surface area contributed by atoms with Crippen molar-refractivity contribution in [1.82, 2.24) is 10.2 Å². The highest BCUT2D eigenvalue weighted by Crippen LogP contribution is 2.42. The minimum Gasteiger partial charge on any atom is -0.398 e. The molecule has 2 aliphatic rings. The quantitative estimate of drug-likeness (QED) is 0.842. The van der Waals surface area contributed by atoms with Gasteiger partial charge in [-0.15, -0.1) is 0 Å². The van der Waals surface area contributed by atoms with Crippen LogP contribution >= 0.6 is 11.6 Å². The zero-order valence-corrected chi connectivity index (χ0v) is 12.7. The number of hydrogen-bond donors (Lipinski definition) is 2. The Kier molecular flexibility index (Phi) is 4.49. The zero-order chi connectivity index (χ0) is 13.9. The van der Waals surface area contributed by atoms with E-state index in [1.165, 1.54) is 31.2 Å². The summed E-state index contributed by atoms with van der Waals surface area (Å²) in [6, 6.07) is 6.38. The van der Waals surface area contributed by atoms with E-state index in [0.717, 1.165) is 42.8 Å². The average molecular weight is 294 g/mol. The Morgan fingerprint density at radius 1 is 1.20 bits per heavy atom. The maximum absolute atomic E-state index is 6.26. The van der Waals surface area contributed by atoms with Gasteiger partial charge in [-0.05, 0) is 42.5 Å². The molecule has 1 aromatic carbocycles. The van der Waals surface area contributed by atoms with Gasteiger partial charge in [0.1, 0.15) is 0 Å². The van der Waals surface area contributed by atoms with Crippen molar-refractivity contribution in [2.24, 2.45) is 5.92 Å². The van der Waals surface area contributed by atoms with Crippen LogP contribution in [-0.2, 0) is 0 Å². The molecule has 0 radical (unpaired) electrons. The fourth-order valence-electron chi connectivity index (χ4n) is 3.78. The van der Waals surface area contributed by atoms with Gasteiger partial charge in [0.2, 0.25) is 0 Å². The van der Waals surface area contributed by atoms with Crippen LogP contribution in [0.15, 0.2) is 18.2 Å². The van der Waals surface area contributed by atoms with Crippen molar-refractivity contribution < 1.29 is 0 Å². The van der Waals surface area contributed by atoms with Crippen LogP contribution in [0.25, 0.3) is 0 Å². The first-order valence-corrected chi connectivity index (χ1v) is 8.13. The predicted molar refractivity (Wildman–Crippen MR) is 85.0 cm³/mol. The van der Waals surface area contributed by atoms with Crippen molar-refractivity contribution in [3.63, 3.8) is 0 Å². The molecule has 1 heterocycles. The Labute approximate surface area is 126 Å². The van der Waals surface area contributed by atoms with Crippen LogP contribution in [0, 0.1) is 5.92 Å². The summed E-state index contributed by atoms with van der Waals surface area (Å²) >= 11 is 6.22. The summed E-state index contributed by atoms with van der Waals surface area (Å²) in [6.45, 7) is 4.35. The lowest BCUT2D eigenvalue weighted by atomic mass is 9.89. The molecule has 3 N–H and O–H groups in total. The molecular formula is C16H24ClN3. The highest BCUT2D eigenvalue weighted by atomic mass is 35.5. The van der Waals surface area contributed by atoms with Gasteiger partial charge in [0.15, 0.2) is 0 Å². The van der Waals surface area contributed by atoms with Crippen LogP contribution in [-0.4, -0.2) is 31.1 Å². The molecule has 1 saturated carbocycles. The minimum atomic E-state index is 0.443. The van der Waals surface area contributed by atoms with E-state index < -0.39 is 0 Å². The van der Waals surface area contributed by atoms with E-state index in [0.29, 0.717) is 6.04 Å². The standard InChI is InChI=1S/C16H24ClN3/c17-13-5-6-15(18)14(11-13)16(12-3-1-2-4-12)20-9-7-19-8-10-20/h5-6,11-12,16,19H,1-4,7-10,18H2/t16-/m1/s1. The van der Waals surface area contributed by atoms with E-state index in [4.69, 9.17) is 17.3 Å². The summed E-state index contributed by atoms with van der Waals surface area (Å²) < 4.78 is 0. The number of benzene rings is 1. The van der Waals surface area contributed by atoms with Crippen molar-refractivity contribution in [2.45, 2.75) is 31.7 Å². The van der Waals surface area contributed by atoms with Gasteiger partial charge in [0.25, 0.3) is 0 Å². The molecule has 1 aliphatic carbocycles. The van der Waals surface area contributed by atoms with Gasteiger partial charge in [-0.3, -0.25) is 4.90 Å². The van der Waals surface area contributed by atoms with Crippen LogP contribution in [0.5, 0.6) is 0 Å². The SMILES string of the molecule is Nc1ccc(Cl)cc1[C@@H](C1CCCC1)N1CCNCC1. The number of rotatable bonds is 3. The lowest BCUT2D eigenvalue weighted by Crippen LogP contribution is -2.46. The van der Waals surface area contributed by atoms with Crippen molar-refractivity contribution in [3.8, 4) is 0 Å². The summed E-state index contributed by atoms with van der Waals surface area (Å²) in [4.78, 5) is 2.61. The van der Waals surface area contributed by atoms with Crippen LogP contribution in [0.3, 0.4) is 0 Å². The second kappa shape index (κ2) is 6.33. The molecule has 0 aromatic heterocycles. The van der Waals surface area contributed by atoms with E-state index in [1.807, 2.05) is 12.1 Å². The molecule has 0 bridgehead atoms. The van der Waals surface area contributed by atoms with Gasteiger partial charge in [-0.2, -0.15) is 0 Å². The summed E-state index contributed by atoms with van der Waals surface area (Å²) in [5.41, 5.74) is 8.40. The monoisotopic (exact) mass is 293 g/mol. The number of piperazine rings is 1. The maximum atomic E-state index is 6.26. The molecule has 3 nitrogen and oxygen atoms in total. The molecule has 4 heteroatoms. The van der Waals surface area contributed by atoms with Gasteiger partial charge in [0.05, 0.1) is 0 Å². The molecular weight excluding hydrogens is 270 g/mol. The summed E-state index contributed by atoms with van der Waals surface area (Å²) in [6.07, 6.45) is 5.35. The Balaban J connectivity index is 1.92. The first-order valence-electron chi connectivity index (χ1n) is 7.75. The first-order chi connectivity index (χ1) is 9.75. The zero-order valence-electron chi connectivity index (χ0n) is 11.9. The number of anilines is 1. The van der Waals surface area contributed by atoms with E-state index in [2.05, 4.69) is 16.3 Å². The van der Waals surface area contributed by atoms with E-state index in [1.54, 1.807) is 0 Å². The highest BCUT2D eigenvalue weighted by molar-refractivity contribution is 6.30. The van der Waals surface area contributed by atoms with Gasteiger partial charge in [0, 0.05) is 42.9 Å². The van der Waals surface area contributed by atoms with Crippen LogP contribution in [0.4, 0.5) is 5.69 Å². The Bertz CT molecular complexity index is 451. The number of hydrogen-bond acceptors (Lipinski definition) is 3. The number of nitrogen functional groups attached to an aromatic ring is 1. The third-order valence-corrected chi connectivity index (χ3v) is 4.99. The second-order valence-corrected chi connectivity index (χ2v) is 6.49. The normalized spacial score (nSPS) is 23.1. The lowest BCUT2D eigenvalue weighted by molar-refractivity contribution is 0.126. The van der Waals surface area contributed by atoms with E-state index >= 15 is 0 Å². The van der Waals surface area contributed by atoms with Crippen molar-refractivity contribution in [2.75, 3.05) is 31.9 Å². The van der Waals surface area contributed by atoms with Crippen LogP contribution in [0.2, 0.25) is 5.02 Å². The van der Waals surface area contributed by atoms with Gasteiger partial charge >= 0.3 is 0 Å². The van der Waals surface area contributed by atoms with Gasteiger partial charge in [-0.25, -0.2) is 0 Å². The summed E-state index contributed by atoms with van der Waals surface area (Å²) in [5, 5.41) is 4.24. The summed E-state index contributed by atoms with van der Waals surface area (Å²) in [7, 11) is 0. The predicted octanol–water partition coefficient (Wildman–Crippen LogP) is 3.06. The minimum absolute atomic E-state index is 0.443. The molecule has 20 heavy (non-hydrogen) atoms. The van der Waals surface area contributed by atoms with Crippen molar-refractivity contribution >= 4 is 17.3 Å². The Hall–Kier alpha value is -0.770. The molecule has 2 fully saturated rings. The summed E-state index contributed by atoms with van der Waals surface area (Å²) in [5.74, 6) is 0.730. The van der Waals surface area contributed by atoms with Gasteiger partial charge in [-0.1, -0.05) is 24.4 Å². The topological polar surface area (TPSA) is 41.3 Å². The molecule has 3 rings (SSSR count). The lowest BCUT2D eigenvalue weighted by Gasteiger charge is -2.39. The second-order valence-electron chi connectivity index (χ2n) is 6.05. The van der Waals surface area contributed by atoms with E-state index in [9.17, 15) is 0 Å². The number of nitrogens with two attached hydrogens (primary N) is 1. The van der Waals surface area contributed by atoms with E-state index in [-0.39, 0.29) is 0 Å². The third-order valence-electron chi connectivity index (χ3n) is 4.76. The number of halogens is 1. The number of nitrogens with one attached hydrogen (secondary N) is 1. The average Bonchev–Trinajstić information content (AvgIpc) is 2.98. The molecule has 110 valence electrons. The Morgan fingerprint density at radius 3 is 2.60 bits per heavy atom. The largest absolute Gasteiger partial charge is 0.398 e. The van der Waals surface area contributed by atoms with Gasteiger partial charge < -0.3 is 11.1 Å². The molecule has 1 aromatic rings. The molecule has 0 unspecified atom stereocenters. The highest BCUT2D eigenvalue weighted by Gasteiger charge is 2.32. The maximum Gasteiger partial charge on any atom is 0.0410 e.